The Morgan fingerprint density at radius 3 is 2.27 bits per heavy atom. The standard InChI is InChI=1S/C28H41N3O5S/c1-8-22(4)29-28(33)23(5)30(19-24-11-9-12-26(18-24)36-6)27(32)13-10-14-31(37(7,34)35)25-16-20(2)15-21(3)17-25/h9,11-12,15-18,22-23H,8,10,13-14,19H2,1-7H3,(H,29,33)/t22-,23+/m1/s1. The Balaban J connectivity index is 2.22. The van der Waals surface area contributed by atoms with Crippen molar-refractivity contribution in [2.75, 3.05) is 24.2 Å². The summed E-state index contributed by atoms with van der Waals surface area (Å²) in [7, 11) is -1.96. The molecule has 0 unspecified atom stereocenters. The summed E-state index contributed by atoms with van der Waals surface area (Å²) in [6, 6.07) is 12.3. The highest BCUT2D eigenvalue weighted by Gasteiger charge is 2.27. The fourth-order valence-electron chi connectivity index (χ4n) is 4.11. The summed E-state index contributed by atoms with van der Waals surface area (Å²) in [6.45, 7) is 9.86. The molecule has 8 nitrogen and oxygen atoms in total. The third-order valence-electron chi connectivity index (χ3n) is 6.30. The zero-order valence-corrected chi connectivity index (χ0v) is 23.9. The van der Waals surface area contributed by atoms with Crippen LogP contribution in [-0.4, -0.2) is 57.1 Å². The minimum Gasteiger partial charge on any atom is -0.497 e. The Kier molecular flexibility index (Phi) is 11.0. The van der Waals surface area contributed by atoms with Gasteiger partial charge in [-0.1, -0.05) is 25.1 Å². The summed E-state index contributed by atoms with van der Waals surface area (Å²) in [4.78, 5) is 27.9. The number of carbonyl (C=O) groups excluding carboxylic acids is 2. The highest BCUT2D eigenvalue weighted by Crippen LogP contribution is 2.23. The lowest BCUT2D eigenvalue weighted by molar-refractivity contribution is -0.140. The van der Waals surface area contributed by atoms with Crippen molar-refractivity contribution in [1.29, 1.82) is 0 Å². The van der Waals surface area contributed by atoms with E-state index in [1.165, 1.54) is 10.6 Å². The number of hydrogen-bond acceptors (Lipinski definition) is 5. The molecule has 2 rings (SSSR count). The van der Waals surface area contributed by atoms with Gasteiger partial charge in [0.25, 0.3) is 0 Å². The van der Waals surface area contributed by atoms with Crippen LogP contribution in [-0.2, 0) is 26.2 Å². The van der Waals surface area contributed by atoms with Crippen molar-refractivity contribution in [2.45, 2.75) is 72.5 Å². The first-order chi connectivity index (χ1) is 17.3. The number of sulfonamides is 1. The predicted octanol–water partition coefficient (Wildman–Crippen LogP) is 4.19. The van der Waals surface area contributed by atoms with Crippen molar-refractivity contribution in [3.05, 3.63) is 59.2 Å². The Bertz CT molecular complexity index is 1160. The summed E-state index contributed by atoms with van der Waals surface area (Å²) >= 11 is 0. The third-order valence-corrected chi connectivity index (χ3v) is 7.50. The van der Waals surface area contributed by atoms with Crippen LogP contribution in [0.3, 0.4) is 0 Å². The van der Waals surface area contributed by atoms with Crippen LogP contribution >= 0.6 is 0 Å². The minimum atomic E-state index is -3.54. The maximum atomic E-state index is 13.4. The summed E-state index contributed by atoms with van der Waals surface area (Å²) in [5.41, 5.74) is 3.35. The second kappa shape index (κ2) is 13.5. The smallest absolute Gasteiger partial charge is 0.242 e. The molecule has 9 heteroatoms. The Hall–Kier alpha value is -3.07. The third kappa shape index (κ3) is 9.07. The summed E-state index contributed by atoms with van der Waals surface area (Å²) in [6.07, 6.45) is 2.36. The molecule has 0 aromatic heterocycles. The van der Waals surface area contributed by atoms with Crippen LogP contribution in [0.25, 0.3) is 0 Å². The van der Waals surface area contributed by atoms with E-state index in [0.29, 0.717) is 17.9 Å². The molecule has 0 spiro atoms. The molecule has 0 saturated carbocycles. The van der Waals surface area contributed by atoms with Crippen LogP contribution in [0.1, 0.15) is 56.7 Å². The number of aryl methyl sites for hydroxylation is 2. The van der Waals surface area contributed by atoms with Crippen molar-refractivity contribution in [3.63, 3.8) is 0 Å². The van der Waals surface area contributed by atoms with Crippen LogP contribution in [0.15, 0.2) is 42.5 Å². The van der Waals surface area contributed by atoms with Crippen molar-refractivity contribution in [1.82, 2.24) is 10.2 Å². The molecule has 2 aromatic carbocycles. The maximum Gasteiger partial charge on any atom is 0.242 e. The van der Waals surface area contributed by atoms with Crippen molar-refractivity contribution in [2.24, 2.45) is 0 Å². The molecule has 0 aliphatic carbocycles. The average Bonchev–Trinajstić information content (AvgIpc) is 2.83. The number of rotatable bonds is 13. The van der Waals surface area contributed by atoms with Gasteiger partial charge in [-0.05, 0) is 81.5 Å². The molecule has 1 N–H and O–H groups in total. The molecule has 204 valence electrons. The van der Waals surface area contributed by atoms with E-state index in [-0.39, 0.29) is 37.4 Å². The van der Waals surface area contributed by atoms with Gasteiger partial charge < -0.3 is 15.0 Å². The van der Waals surface area contributed by atoms with Gasteiger partial charge in [0.2, 0.25) is 21.8 Å². The second-order valence-corrected chi connectivity index (χ2v) is 11.6. The second-order valence-electron chi connectivity index (χ2n) is 9.65. The van der Waals surface area contributed by atoms with Gasteiger partial charge in [0.15, 0.2) is 0 Å². The molecule has 37 heavy (non-hydrogen) atoms. The molecule has 2 aromatic rings. The SMILES string of the molecule is CC[C@@H](C)NC(=O)[C@H](C)N(Cc1cccc(OC)c1)C(=O)CCCN(c1cc(C)cc(C)c1)S(C)(=O)=O. The lowest BCUT2D eigenvalue weighted by Crippen LogP contribution is -2.49. The van der Waals surface area contributed by atoms with Gasteiger partial charge in [0.1, 0.15) is 11.8 Å². The predicted molar refractivity (Wildman–Crippen MR) is 148 cm³/mol. The van der Waals surface area contributed by atoms with E-state index in [2.05, 4.69) is 5.32 Å². The maximum absolute atomic E-state index is 13.4. The first-order valence-electron chi connectivity index (χ1n) is 12.6. The molecular weight excluding hydrogens is 490 g/mol. The van der Waals surface area contributed by atoms with Crippen LogP contribution in [0.2, 0.25) is 0 Å². The van der Waals surface area contributed by atoms with Crippen molar-refractivity contribution < 1.29 is 22.7 Å². The van der Waals surface area contributed by atoms with Gasteiger partial charge in [-0.25, -0.2) is 8.42 Å². The Labute approximate surface area is 222 Å². The lowest BCUT2D eigenvalue weighted by Gasteiger charge is -2.30. The first kappa shape index (κ1) is 30.2. The largest absolute Gasteiger partial charge is 0.497 e. The quantitative estimate of drug-likeness (QED) is 0.418. The number of benzene rings is 2. The normalized spacial score (nSPS) is 12.9. The van der Waals surface area contributed by atoms with E-state index in [1.54, 1.807) is 18.9 Å². The summed E-state index contributed by atoms with van der Waals surface area (Å²) < 4.78 is 31.8. The van der Waals surface area contributed by atoms with E-state index in [4.69, 9.17) is 4.74 Å². The highest BCUT2D eigenvalue weighted by atomic mass is 32.2. The van der Waals surface area contributed by atoms with Crippen LogP contribution < -0.4 is 14.4 Å². The number of hydrogen-bond donors (Lipinski definition) is 1. The number of carbonyl (C=O) groups is 2. The van der Waals surface area contributed by atoms with E-state index in [1.807, 2.05) is 70.2 Å². The van der Waals surface area contributed by atoms with Gasteiger partial charge in [-0.3, -0.25) is 13.9 Å². The molecule has 0 radical (unpaired) electrons. The van der Waals surface area contributed by atoms with E-state index < -0.39 is 16.1 Å². The molecule has 0 saturated heterocycles. The monoisotopic (exact) mass is 531 g/mol. The molecule has 0 aliphatic rings. The van der Waals surface area contributed by atoms with Gasteiger partial charge in [-0.2, -0.15) is 0 Å². The van der Waals surface area contributed by atoms with Crippen LogP contribution in [0.5, 0.6) is 5.75 Å². The number of anilines is 1. The lowest BCUT2D eigenvalue weighted by atomic mass is 10.1. The fraction of sp³-hybridized carbons (Fsp3) is 0.500. The molecule has 2 amide bonds. The Morgan fingerprint density at radius 2 is 1.70 bits per heavy atom. The minimum absolute atomic E-state index is 0.00942. The van der Waals surface area contributed by atoms with Gasteiger partial charge in [0.05, 0.1) is 19.1 Å². The zero-order chi connectivity index (χ0) is 27.8. The molecule has 0 fully saturated rings. The van der Waals surface area contributed by atoms with Gasteiger partial charge in [0, 0.05) is 25.6 Å². The van der Waals surface area contributed by atoms with Crippen molar-refractivity contribution >= 4 is 27.5 Å². The van der Waals surface area contributed by atoms with E-state index >= 15 is 0 Å². The molecule has 2 atom stereocenters. The Morgan fingerprint density at radius 1 is 1.05 bits per heavy atom. The zero-order valence-electron chi connectivity index (χ0n) is 23.1. The van der Waals surface area contributed by atoms with E-state index in [9.17, 15) is 18.0 Å². The highest BCUT2D eigenvalue weighted by molar-refractivity contribution is 7.92. The summed E-state index contributed by atoms with van der Waals surface area (Å²) in [5, 5.41) is 2.95. The van der Waals surface area contributed by atoms with Gasteiger partial charge in [-0.15, -0.1) is 0 Å². The topological polar surface area (TPSA) is 96.0 Å². The first-order valence-corrected chi connectivity index (χ1v) is 14.5. The molecular formula is C28H41N3O5S. The number of amides is 2. The fourth-order valence-corrected chi connectivity index (χ4v) is 5.06. The number of nitrogens with one attached hydrogen (secondary N) is 1. The molecule has 0 bridgehead atoms. The van der Waals surface area contributed by atoms with Crippen LogP contribution in [0.4, 0.5) is 5.69 Å². The average molecular weight is 532 g/mol. The molecule has 0 aliphatic heterocycles. The van der Waals surface area contributed by atoms with E-state index in [0.717, 1.165) is 23.1 Å². The van der Waals surface area contributed by atoms with Gasteiger partial charge >= 0.3 is 0 Å². The number of ether oxygens (including phenoxy) is 1. The summed E-state index contributed by atoms with van der Waals surface area (Å²) in [5.74, 6) is 0.223. The van der Waals surface area contributed by atoms with Crippen molar-refractivity contribution in [3.8, 4) is 5.75 Å². The van der Waals surface area contributed by atoms with Crippen LogP contribution in [0, 0.1) is 13.8 Å². The molecule has 0 heterocycles. The number of nitrogens with zero attached hydrogens (tertiary/aromatic N) is 2. The number of methoxy groups -OCH3 is 1.